The van der Waals surface area contributed by atoms with E-state index in [1.54, 1.807) is 12.4 Å². The molecule has 0 radical (unpaired) electrons. The maximum absolute atomic E-state index is 11.8. The van der Waals surface area contributed by atoms with Crippen LogP contribution >= 0.6 is 11.3 Å². The van der Waals surface area contributed by atoms with Crippen LogP contribution in [-0.2, 0) is 4.79 Å². The van der Waals surface area contributed by atoms with Gasteiger partial charge in [-0.25, -0.2) is 0 Å². The molecule has 6 heteroatoms. The number of hydrogen-bond acceptors (Lipinski definition) is 5. The van der Waals surface area contributed by atoms with Gasteiger partial charge in [-0.05, 0) is 25.0 Å². The Hall–Kier alpha value is -1.82. The van der Waals surface area contributed by atoms with Crippen molar-refractivity contribution in [2.24, 2.45) is 5.92 Å². The van der Waals surface area contributed by atoms with E-state index in [2.05, 4.69) is 20.5 Å². The van der Waals surface area contributed by atoms with E-state index >= 15 is 0 Å². The number of nitrogens with zero attached hydrogens (tertiary/aromatic N) is 3. The lowest BCUT2D eigenvalue weighted by molar-refractivity contribution is -0.122. The highest BCUT2D eigenvalue weighted by molar-refractivity contribution is 7.18. The SMILES string of the molecule is O=C(Nc1nnc(-c2ccncc2)s1)C1CCC1. The minimum atomic E-state index is 0.0682. The van der Waals surface area contributed by atoms with E-state index in [4.69, 9.17) is 0 Å². The fourth-order valence-electron chi connectivity index (χ4n) is 1.76. The average Bonchev–Trinajstić information content (AvgIpc) is 2.76. The maximum Gasteiger partial charge on any atom is 0.229 e. The topological polar surface area (TPSA) is 67.8 Å². The molecule has 0 bridgehead atoms. The van der Waals surface area contributed by atoms with Crippen molar-refractivity contribution >= 4 is 22.4 Å². The van der Waals surface area contributed by atoms with Gasteiger partial charge in [0.25, 0.3) is 0 Å². The maximum atomic E-state index is 11.8. The Labute approximate surface area is 108 Å². The lowest BCUT2D eigenvalue weighted by atomic mass is 9.85. The highest BCUT2D eigenvalue weighted by Gasteiger charge is 2.25. The Balaban J connectivity index is 1.71. The highest BCUT2D eigenvalue weighted by atomic mass is 32.1. The van der Waals surface area contributed by atoms with Gasteiger partial charge in [-0.15, -0.1) is 10.2 Å². The molecule has 1 fully saturated rings. The molecule has 2 aromatic heterocycles. The number of pyridine rings is 1. The van der Waals surface area contributed by atoms with Crippen LogP contribution in [0, 0.1) is 5.92 Å². The van der Waals surface area contributed by atoms with Gasteiger partial charge >= 0.3 is 0 Å². The molecule has 1 aliphatic rings. The molecule has 1 amide bonds. The zero-order valence-corrected chi connectivity index (χ0v) is 10.5. The summed E-state index contributed by atoms with van der Waals surface area (Å²) in [5.41, 5.74) is 0.964. The first kappa shape index (κ1) is 11.3. The van der Waals surface area contributed by atoms with Gasteiger partial charge in [0.05, 0.1) is 0 Å². The van der Waals surface area contributed by atoms with E-state index in [0.29, 0.717) is 5.13 Å². The molecule has 0 unspecified atom stereocenters. The summed E-state index contributed by atoms with van der Waals surface area (Å²) >= 11 is 1.38. The lowest BCUT2D eigenvalue weighted by Crippen LogP contribution is -2.27. The number of amides is 1. The smallest absolute Gasteiger partial charge is 0.229 e. The van der Waals surface area contributed by atoms with E-state index in [1.165, 1.54) is 11.3 Å². The van der Waals surface area contributed by atoms with Crippen LogP contribution in [0.1, 0.15) is 19.3 Å². The first-order valence-electron chi connectivity index (χ1n) is 5.88. The molecule has 2 heterocycles. The summed E-state index contributed by atoms with van der Waals surface area (Å²) in [5, 5.41) is 12.2. The molecule has 1 saturated carbocycles. The highest BCUT2D eigenvalue weighted by Crippen LogP contribution is 2.29. The number of nitrogens with one attached hydrogen (secondary N) is 1. The van der Waals surface area contributed by atoms with Gasteiger partial charge in [-0.2, -0.15) is 0 Å². The molecule has 3 rings (SSSR count). The predicted octanol–water partition coefficient (Wildman–Crippen LogP) is 2.34. The predicted molar refractivity (Wildman–Crippen MR) is 69.1 cm³/mol. The zero-order valence-electron chi connectivity index (χ0n) is 9.67. The Kier molecular flexibility index (Phi) is 3.02. The molecule has 92 valence electrons. The number of carbonyl (C=O) groups is 1. The van der Waals surface area contributed by atoms with Gasteiger partial charge in [-0.1, -0.05) is 17.8 Å². The van der Waals surface area contributed by atoms with Crippen molar-refractivity contribution in [3.05, 3.63) is 24.5 Å². The number of hydrogen-bond donors (Lipinski definition) is 1. The van der Waals surface area contributed by atoms with Crippen molar-refractivity contribution in [3.8, 4) is 10.6 Å². The van der Waals surface area contributed by atoms with Crippen LogP contribution in [0.2, 0.25) is 0 Å². The fourth-order valence-corrected chi connectivity index (χ4v) is 2.51. The van der Waals surface area contributed by atoms with Gasteiger partial charge < -0.3 is 5.32 Å². The summed E-state index contributed by atoms with van der Waals surface area (Å²) in [5.74, 6) is 0.233. The molecule has 0 aliphatic heterocycles. The van der Waals surface area contributed by atoms with Crippen LogP contribution < -0.4 is 5.32 Å². The standard InChI is InChI=1S/C12H12N4OS/c17-10(8-2-1-3-8)14-12-16-15-11(18-12)9-4-6-13-7-5-9/h4-8H,1-3H2,(H,14,16,17). The van der Waals surface area contributed by atoms with Crippen LogP contribution in [0.15, 0.2) is 24.5 Å². The molecular formula is C12H12N4OS. The normalized spacial score (nSPS) is 15.1. The second-order valence-electron chi connectivity index (χ2n) is 4.27. The summed E-state index contributed by atoms with van der Waals surface area (Å²) in [6, 6.07) is 3.75. The van der Waals surface area contributed by atoms with Crippen molar-refractivity contribution in [1.29, 1.82) is 0 Å². The van der Waals surface area contributed by atoms with Crippen molar-refractivity contribution in [1.82, 2.24) is 15.2 Å². The van der Waals surface area contributed by atoms with Crippen LogP contribution in [0.25, 0.3) is 10.6 Å². The number of aromatic nitrogens is 3. The molecule has 5 nitrogen and oxygen atoms in total. The van der Waals surface area contributed by atoms with Crippen LogP contribution in [0.3, 0.4) is 0 Å². The zero-order chi connectivity index (χ0) is 12.4. The third-order valence-corrected chi connectivity index (χ3v) is 3.95. The largest absolute Gasteiger partial charge is 0.300 e. The van der Waals surface area contributed by atoms with Gasteiger partial charge in [0.15, 0.2) is 0 Å². The second kappa shape index (κ2) is 4.81. The third-order valence-electron chi connectivity index (χ3n) is 3.06. The van der Waals surface area contributed by atoms with Crippen molar-refractivity contribution in [2.75, 3.05) is 5.32 Å². The van der Waals surface area contributed by atoms with Crippen LogP contribution in [-0.4, -0.2) is 21.1 Å². The van der Waals surface area contributed by atoms with Crippen molar-refractivity contribution < 1.29 is 4.79 Å². The summed E-state index contributed by atoms with van der Waals surface area (Å²) < 4.78 is 0. The van der Waals surface area contributed by atoms with E-state index in [0.717, 1.165) is 29.8 Å². The van der Waals surface area contributed by atoms with Crippen LogP contribution in [0.4, 0.5) is 5.13 Å². The summed E-state index contributed by atoms with van der Waals surface area (Å²) in [6.45, 7) is 0. The molecular weight excluding hydrogens is 248 g/mol. The summed E-state index contributed by atoms with van der Waals surface area (Å²) in [6.07, 6.45) is 6.55. The summed E-state index contributed by atoms with van der Waals surface area (Å²) in [4.78, 5) is 15.7. The molecule has 0 saturated heterocycles. The molecule has 18 heavy (non-hydrogen) atoms. The minimum Gasteiger partial charge on any atom is -0.300 e. The molecule has 2 aromatic rings. The quantitative estimate of drug-likeness (QED) is 0.919. The number of carbonyl (C=O) groups excluding carboxylic acids is 1. The Morgan fingerprint density at radius 2 is 2.06 bits per heavy atom. The monoisotopic (exact) mass is 260 g/mol. The molecule has 0 spiro atoms. The summed E-state index contributed by atoms with van der Waals surface area (Å²) in [7, 11) is 0. The third kappa shape index (κ3) is 2.24. The van der Waals surface area contributed by atoms with Crippen molar-refractivity contribution in [3.63, 3.8) is 0 Å². The van der Waals surface area contributed by atoms with E-state index < -0.39 is 0 Å². The van der Waals surface area contributed by atoms with E-state index in [1.807, 2.05) is 12.1 Å². The average molecular weight is 260 g/mol. The molecule has 0 aromatic carbocycles. The van der Waals surface area contributed by atoms with Gasteiger partial charge in [0, 0.05) is 23.9 Å². The lowest BCUT2D eigenvalue weighted by Gasteiger charge is -2.23. The Morgan fingerprint density at radius 3 is 2.72 bits per heavy atom. The first-order valence-corrected chi connectivity index (χ1v) is 6.69. The van der Waals surface area contributed by atoms with E-state index in [-0.39, 0.29) is 11.8 Å². The second-order valence-corrected chi connectivity index (χ2v) is 5.24. The minimum absolute atomic E-state index is 0.0682. The Bertz CT molecular complexity index is 550. The van der Waals surface area contributed by atoms with Gasteiger partial charge in [0.2, 0.25) is 11.0 Å². The molecule has 1 N–H and O–H groups in total. The fraction of sp³-hybridized carbons (Fsp3) is 0.333. The first-order chi connectivity index (χ1) is 8.83. The Morgan fingerprint density at radius 1 is 1.28 bits per heavy atom. The van der Waals surface area contributed by atoms with Crippen molar-refractivity contribution in [2.45, 2.75) is 19.3 Å². The van der Waals surface area contributed by atoms with E-state index in [9.17, 15) is 4.79 Å². The van der Waals surface area contributed by atoms with Crippen LogP contribution in [0.5, 0.6) is 0 Å². The number of rotatable bonds is 3. The molecule has 1 aliphatic carbocycles. The number of anilines is 1. The van der Waals surface area contributed by atoms with Gasteiger partial charge in [0.1, 0.15) is 5.01 Å². The molecule has 0 atom stereocenters. The van der Waals surface area contributed by atoms with Gasteiger partial charge in [-0.3, -0.25) is 9.78 Å².